The highest BCUT2D eigenvalue weighted by Gasteiger charge is 2.04. The van der Waals surface area contributed by atoms with Gasteiger partial charge in [0.15, 0.2) is 0 Å². The van der Waals surface area contributed by atoms with Crippen LogP contribution in [0.3, 0.4) is 0 Å². The summed E-state index contributed by atoms with van der Waals surface area (Å²) >= 11 is 0. The average molecular weight is 219 g/mol. The molecule has 0 saturated carbocycles. The first-order valence-electron chi connectivity index (χ1n) is 5.66. The summed E-state index contributed by atoms with van der Waals surface area (Å²) in [7, 11) is 4.14. The van der Waals surface area contributed by atoms with E-state index in [4.69, 9.17) is 0 Å². The molecule has 0 amide bonds. The number of nitrogens with zero attached hydrogens (tertiary/aromatic N) is 1. The molecule has 0 aliphatic carbocycles. The first-order chi connectivity index (χ1) is 8.36. The van der Waals surface area contributed by atoms with Gasteiger partial charge in [0, 0.05) is 7.05 Å². The predicted octanol–water partition coefficient (Wildman–Crippen LogP) is 3.43. The summed E-state index contributed by atoms with van der Waals surface area (Å²) in [6, 6.07) is 22.9. The molecule has 0 fully saturated rings. The minimum Gasteiger partial charge on any atom is -0.326 e. The largest absolute Gasteiger partial charge is 0.326 e. The average Bonchev–Trinajstić information content (AvgIpc) is 2.40. The van der Waals surface area contributed by atoms with Crippen molar-refractivity contribution >= 4 is 10.9 Å². The lowest BCUT2D eigenvalue weighted by atomic mass is 10.1. The number of hydrogen-bond donors (Lipinski definition) is 0. The molecule has 17 heavy (non-hydrogen) atoms. The van der Waals surface area contributed by atoms with Gasteiger partial charge in [0.25, 0.3) is 0 Å². The zero-order valence-corrected chi connectivity index (χ0v) is 9.51. The second-order valence-corrected chi connectivity index (χ2v) is 4.07. The number of pyridine rings is 1. The molecule has 1 heterocycles. The zero-order valence-electron chi connectivity index (χ0n) is 9.51. The van der Waals surface area contributed by atoms with E-state index in [1.54, 1.807) is 0 Å². The first kappa shape index (κ1) is 9.91. The van der Waals surface area contributed by atoms with Crippen molar-refractivity contribution in [2.24, 2.45) is 0 Å². The SMILES string of the molecule is [CH2-][n+]1c(-c2ccccc2)ccc2ccccc21. The molecule has 0 saturated heterocycles. The van der Waals surface area contributed by atoms with Crippen LogP contribution in [0.15, 0.2) is 66.7 Å². The predicted molar refractivity (Wildman–Crippen MR) is 70.3 cm³/mol. The van der Waals surface area contributed by atoms with Crippen LogP contribution in [0.25, 0.3) is 22.2 Å². The molecule has 1 nitrogen and oxygen atoms in total. The summed E-state index contributed by atoms with van der Waals surface area (Å²) in [6.45, 7) is 0. The maximum Gasteiger partial charge on any atom is 0.112 e. The molecule has 0 atom stereocenters. The third kappa shape index (κ3) is 1.66. The highest BCUT2D eigenvalue weighted by atomic mass is 14.9. The molecule has 0 unspecified atom stereocenters. The van der Waals surface area contributed by atoms with Crippen LogP contribution in [-0.4, -0.2) is 0 Å². The van der Waals surface area contributed by atoms with E-state index in [0.29, 0.717) is 0 Å². The molecule has 1 heteroatoms. The fraction of sp³-hybridized carbons (Fsp3) is 0. The van der Waals surface area contributed by atoms with Gasteiger partial charge >= 0.3 is 0 Å². The lowest BCUT2D eigenvalue weighted by molar-refractivity contribution is -0.572. The Morgan fingerprint density at radius 2 is 1.41 bits per heavy atom. The Morgan fingerprint density at radius 1 is 0.706 bits per heavy atom. The smallest absolute Gasteiger partial charge is 0.112 e. The standard InChI is InChI=1S/C16H13N/c1-17-15-10-6-5-9-14(15)11-12-16(17)13-7-3-2-4-8-13/h2-12H,1H2. The first-order valence-corrected chi connectivity index (χ1v) is 5.66. The van der Waals surface area contributed by atoms with Gasteiger partial charge in [-0.2, -0.15) is 0 Å². The van der Waals surface area contributed by atoms with Gasteiger partial charge in [-0.25, -0.2) is 0 Å². The second-order valence-electron chi connectivity index (χ2n) is 4.07. The van der Waals surface area contributed by atoms with Gasteiger partial charge in [-0.1, -0.05) is 54.6 Å². The minimum absolute atomic E-state index is 1.13. The van der Waals surface area contributed by atoms with Gasteiger partial charge in [-0.3, -0.25) is 0 Å². The van der Waals surface area contributed by atoms with Crippen LogP contribution in [0.2, 0.25) is 0 Å². The maximum atomic E-state index is 4.14. The summed E-state index contributed by atoms with van der Waals surface area (Å²) < 4.78 is 1.99. The van der Waals surface area contributed by atoms with E-state index in [0.717, 1.165) is 11.2 Å². The Morgan fingerprint density at radius 3 is 2.24 bits per heavy atom. The van der Waals surface area contributed by atoms with Crippen LogP contribution in [0.4, 0.5) is 0 Å². The number of para-hydroxylation sites is 1. The molecular formula is C16H13N. The Labute approximate surface area is 101 Å². The van der Waals surface area contributed by atoms with Crippen molar-refractivity contribution < 1.29 is 4.57 Å². The number of fused-ring (bicyclic) bond motifs is 1. The highest BCUT2D eigenvalue weighted by Crippen LogP contribution is 2.18. The van der Waals surface area contributed by atoms with Crippen LogP contribution in [0.5, 0.6) is 0 Å². The Bertz CT molecular complexity index is 657. The van der Waals surface area contributed by atoms with E-state index in [2.05, 4.69) is 43.4 Å². The molecule has 3 aromatic rings. The van der Waals surface area contributed by atoms with Crippen molar-refractivity contribution in [2.75, 3.05) is 0 Å². The van der Waals surface area contributed by atoms with E-state index in [1.807, 2.05) is 34.9 Å². The molecule has 82 valence electrons. The number of benzene rings is 2. The lowest BCUT2D eigenvalue weighted by Gasteiger charge is -2.10. The van der Waals surface area contributed by atoms with E-state index in [-0.39, 0.29) is 0 Å². The number of rotatable bonds is 1. The fourth-order valence-corrected chi connectivity index (χ4v) is 2.12. The summed E-state index contributed by atoms with van der Waals surface area (Å²) in [5, 5.41) is 1.21. The Kier molecular flexibility index (Phi) is 2.30. The molecule has 0 aliphatic heterocycles. The van der Waals surface area contributed by atoms with Crippen LogP contribution < -0.4 is 4.57 Å². The third-order valence-electron chi connectivity index (χ3n) is 3.01. The van der Waals surface area contributed by atoms with Crippen LogP contribution >= 0.6 is 0 Å². The van der Waals surface area contributed by atoms with Crippen molar-refractivity contribution in [3.8, 4) is 11.3 Å². The molecule has 0 radical (unpaired) electrons. The monoisotopic (exact) mass is 219 g/mol. The van der Waals surface area contributed by atoms with Gasteiger partial charge in [0.05, 0.1) is 0 Å². The third-order valence-corrected chi connectivity index (χ3v) is 3.01. The normalized spacial score (nSPS) is 10.6. The molecule has 1 aromatic heterocycles. The quantitative estimate of drug-likeness (QED) is 0.436. The topological polar surface area (TPSA) is 3.88 Å². The molecule has 0 spiro atoms. The van der Waals surface area contributed by atoms with Gasteiger partial charge in [0.2, 0.25) is 0 Å². The molecule has 0 aliphatic rings. The van der Waals surface area contributed by atoms with Crippen molar-refractivity contribution in [1.82, 2.24) is 0 Å². The van der Waals surface area contributed by atoms with Crippen LogP contribution in [-0.2, 0) is 0 Å². The van der Waals surface area contributed by atoms with Crippen molar-refractivity contribution in [2.45, 2.75) is 0 Å². The second kappa shape index (κ2) is 3.95. The van der Waals surface area contributed by atoms with E-state index < -0.39 is 0 Å². The number of aromatic nitrogens is 1. The van der Waals surface area contributed by atoms with Gasteiger partial charge in [0.1, 0.15) is 11.2 Å². The molecule has 0 bridgehead atoms. The van der Waals surface area contributed by atoms with E-state index in [9.17, 15) is 0 Å². The summed E-state index contributed by atoms with van der Waals surface area (Å²) in [5.74, 6) is 0. The summed E-state index contributed by atoms with van der Waals surface area (Å²) in [5.41, 5.74) is 3.46. The minimum atomic E-state index is 1.13. The highest BCUT2D eigenvalue weighted by molar-refractivity contribution is 5.77. The van der Waals surface area contributed by atoms with Crippen molar-refractivity contribution in [3.05, 3.63) is 73.8 Å². The van der Waals surface area contributed by atoms with Gasteiger partial charge < -0.3 is 4.57 Å². The Balaban J connectivity index is 2.29. The molecular weight excluding hydrogens is 206 g/mol. The molecule has 2 aromatic carbocycles. The van der Waals surface area contributed by atoms with E-state index >= 15 is 0 Å². The Hall–Kier alpha value is -2.28. The van der Waals surface area contributed by atoms with Gasteiger partial charge in [-0.15, -0.1) is 0 Å². The van der Waals surface area contributed by atoms with Gasteiger partial charge in [-0.05, 0) is 23.1 Å². The maximum absolute atomic E-state index is 4.14. The summed E-state index contributed by atoms with van der Waals surface area (Å²) in [6.07, 6.45) is 0. The van der Waals surface area contributed by atoms with Crippen molar-refractivity contribution in [1.29, 1.82) is 0 Å². The molecule has 0 N–H and O–H groups in total. The lowest BCUT2D eigenvalue weighted by Crippen LogP contribution is -2.29. The van der Waals surface area contributed by atoms with Crippen molar-refractivity contribution in [3.63, 3.8) is 0 Å². The zero-order chi connectivity index (χ0) is 11.7. The number of hydrogen-bond acceptors (Lipinski definition) is 0. The van der Waals surface area contributed by atoms with Crippen LogP contribution in [0, 0.1) is 7.05 Å². The summed E-state index contributed by atoms with van der Waals surface area (Å²) in [4.78, 5) is 0. The fourth-order valence-electron chi connectivity index (χ4n) is 2.12. The van der Waals surface area contributed by atoms with E-state index in [1.165, 1.54) is 10.9 Å². The molecule has 3 rings (SSSR count). The van der Waals surface area contributed by atoms with Crippen LogP contribution in [0.1, 0.15) is 0 Å².